The highest BCUT2D eigenvalue weighted by molar-refractivity contribution is 5.81. The van der Waals surface area contributed by atoms with E-state index in [4.69, 9.17) is 10.5 Å². The summed E-state index contributed by atoms with van der Waals surface area (Å²) in [6.07, 6.45) is -4.52. The predicted octanol–water partition coefficient (Wildman–Crippen LogP) is 2.31. The predicted molar refractivity (Wildman–Crippen MR) is 72.7 cm³/mol. The van der Waals surface area contributed by atoms with Crippen molar-refractivity contribution < 1.29 is 22.7 Å². The van der Waals surface area contributed by atoms with Crippen LogP contribution in [0.3, 0.4) is 0 Å². The van der Waals surface area contributed by atoms with Crippen molar-refractivity contribution in [2.75, 3.05) is 7.11 Å². The summed E-state index contributed by atoms with van der Waals surface area (Å²) < 4.78 is 43.7. The van der Waals surface area contributed by atoms with Crippen LogP contribution >= 0.6 is 0 Å². The lowest BCUT2D eigenvalue weighted by molar-refractivity contribution is -0.138. The molecule has 0 radical (unpaired) electrons. The Morgan fingerprint density at radius 1 is 1.38 bits per heavy atom. The summed E-state index contributed by atoms with van der Waals surface area (Å²) in [5, 5.41) is 2.43. The van der Waals surface area contributed by atoms with E-state index in [0.29, 0.717) is 0 Å². The Labute approximate surface area is 121 Å². The maximum Gasteiger partial charge on any atom is 0.416 e. The minimum atomic E-state index is -4.52. The van der Waals surface area contributed by atoms with Crippen molar-refractivity contribution in [3.8, 4) is 5.75 Å². The van der Waals surface area contributed by atoms with Crippen LogP contribution in [0.15, 0.2) is 18.2 Å². The molecule has 0 saturated heterocycles. The lowest BCUT2D eigenvalue weighted by Crippen LogP contribution is -2.43. The standard InChI is InChI=1S/C14H19F3N2O2/c1-8(2)12(18)13(20)19-7-9-4-5-10(21-3)6-11(9)14(15,16)17/h4-6,8,12H,7,18H2,1-3H3,(H,19,20)/t12-/m0/s1. The van der Waals surface area contributed by atoms with Gasteiger partial charge >= 0.3 is 6.18 Å². The third kappa shape index (κ3) is 4.63. The number of amides is 1. The van der Waals surface area contributed by atoms with E-state index < -0.39 is 23.7 Å². The number of carbonyl (C=O) groups is 1. The largest absolute Gasteiger partial charge is 0.497 e. The molecule has 4 nitrogen and oxygen atoms in total. The van der Waals surface area contributed by atoms with Crippen molar-refractivity contribution in [1.82, 2.24) is 5.32 Å². The molecule has 0 bridgehead atoms. The smallest absolute Gasteiger partial charge is 0.416 e. The summed E-state index contributed by atoms with van der Waals surface area (Å²) in [5.41, 5.74) is 4.77. The van der Waals surface area contributed by atoms with Crippen molar-refractivity contribution in [2.45, 2.75) is 32.6 Å². The van der Waals surface area contributed by atoms with Gasteiger partial charge in [-0.05, 0) is 23.6 Å². The van der Waals surface area contributed by atoms with E-state index in [1.165, 1.54) is 19.2 Å². The molecule has 1 atom stereocenters. The van der Waals surface area contributed by atoms with E-state index in [2.05, 4.69) is 5.32 Å². The normalized spacial score (nSPS) is 13.1. The van der Waals surface area contributed by atoms with Gasteiger partial charge in [-0.15, -0.1) is 0 Å². The van der Waals surface area contributed by atoms with Gasteiger partial charge in [0.1, 0.15) is 5.75 Å². The van der Waals surface area contributed by atoms with Crippen LogP contribution in [0.5, 0.6) is 5.75 Å². The van der Waals surface area contributed by atoms with Gasteiger partial charge in [-0.3, -0.25) is 4.79 Å². The van der Waals surface area contributed by atoms with Crippen LogP contribution in [0, 0.1) is 5.92 Å². The Bertz CT molecular complexity index is 501. The molecule has 1 aromatic carbocycles. The minimum absolute atomic E-state index is 0.0346. The molecule has 1 aromatic rings. The Balaban J connectivity index is 2.91. The number of hydrogen-bond acceptors (Lipinski definition) is 3. The lowest BCUT2D eigenvalue weighted by atomic mass is 10.0. The Hall–Kier alpha value is -1.76. The van der Waals surface area contributed by atoms with Crippen molar-refractivity contribution in [2.24, 2.45) is 11.7 Å². The molecule has 0 aromatic heterocycles. The van der Waals surface area contributed by atoms with Gasteiger partial charge < -0.3 is 15.8 Å². The van der Waals surface area contributed by atoms with Gasteiger partial charge in [0.05, 0.1) is 18.7 Å². The molecule has 0 aliphatic carbocycles. The second kappa shape index (κ2) is 6.80. The van der Waals surface area contributed by atoms with E-state index in [9.17, 15) is 18.0 Å². The van der Waals surface area contributed by atoms with Crippen LogP contribution in [0.2, 0.25) is 0 Å². The summed E-state index contributed by atoms with van der Waals surface area (Å²) in [5.74, 6) is -0.465. The molecule has 0 heterocycles. The van der Waals surface area contributed by atoms with Gasteiger partial charge in [0.25, 0.3) is 0 Å². The van der Waals surface area contributed by atoms with Crippen molar-refractivity contribution in [1.29, 1.82) is 0 Å². The molecule has 0 saturated carbocycles. The molecular formula is C14H19F3N2O2. The van der Waals surface area contributed by atoms with E-state index in [1.54, 1.807) is 13.8 Å². The van der Waals surface area contributed by atoms with Crippen molar-refractivity contribution in [3.05, 3.63) is 29.3 Å². The van der Waals surface area contributed by atoms with Crippen molar-refractivity contribution in [3.63, 3.8) is 0 Å². The van der Waals surface area contributed by atoms with Gasteiger partial charge in [0, 0.05) is 6.54 Å². The van der Waals surface area contributed by atoms with Crippen LogP contribution in [-0.2, 0) is 17.5 Å². The number of halogens is 3. The zero-order valence-electron chi connectivity index (χ0n) is 12.1. The van der Waals surface area contributed by atoms with Crippen molar-refractivity contribution >= 4 is 5.91 Å². The topological polar surface area (TPSA) is 64.3 Å². The molecule has 3 N–H and O–H groups in total. The number of methoxy groups -OCH3 is 1. The Morgan fingerprint density at radius 2 is 2.00 bits per heavy atom. The molecule has 118 valence electrons. The number of ether oxygens (including phenoxy) is 1. The maximum atomic E-state index is 13.0. The third-order valence-corrected chi connectivity index (χ3v) is 3.10. The Morgan fingerprint density at radius 3 is 2.48 bits per heavy atom. The molecule has 21 heavy (non-hydrogen) atoms. The highest BCUT2D eigenvalue weighted by atomic mass is 19.4. The summed E-state index contributed by atoms with van der Waals surface area (Å²) in [6.45, 7) is 3.29. The number of carbonyl (C=O) groups excluding carboxylic acids is 1. The first-order chi connectivity index (χ1) is 9.66. The molecule has 0 aliphatic heterocycles. The molecule has 1 amide bonds. The van der Waals surface area contributed by atoms with E-state index in [-0.39, 0.29) is 23.8 Å². The fourth-order valence-corrected chi connectivity index (χ4v) is 1.70. The fourth-order valence-electron chi connectivity index (χ4n) is 1.70. The minimum Gasteiger partial charge on any atom is -0.497 e. The molecule has 7 heteroatoms. The van der Waals surface area contributed by atoms with Gasteiger partial charge in [-0.2, -0.15) is 13.2 Å². The summed E-state index contributed by atoms with van der Waals surface area (Å²) >= 11 is 0. The number of alkyl halides is 3. The van der Waals surface area contributed by atoms with Crippen LogP contribution in [0.4, 0.5) is 13.2 Å². The number of nitrogens with two attached hydrogens (primary N) is 1. The third-order valence-electron chi connectivity index (χ3n) is 3.10. The first-order valence-corrected chi connectivity index (χ1v) is 6.44. The monoisotopic (exact) mass is 304 g/mol. The first kappa shape index (κ1) is 17.3. The molecule has 0 aliphatic rings. The SMILES string of the molecule is COc1ccc(CNC(=O)[C@@H](N)C(C)C)c(C(F)(F)F)c1. The molecule has 0 fully saturated rings. The van der Waals surface area contributed by atoms with Gasteiger partial charge in [0.2, 0.25) is 5.91 Å². The van der Waals surface area contributed by atoms with E-state index >= 15 is 0 Å². The van der Waals surface area contributed by atoms with Crippen LogP contribution in [0.1, 0.15) is 25.0 Å². The fraction of sp³-hybridized carbons (Fsp3) is 0.500. The number of rotatable bonds is 5. The molecular weight excluding hydrogens is 285 g/mol. The average Bonchev–Trinajstić information content (AvgIpc) is 2.42. The second-order valence-electron chi connectivity index (χ2n) is 5.01. The number of nitrogens with one attached hydrogen (secondary N) is 1. The Kier molecular flexibility index (Phi) is 5.60. The summed E-state index contributed by atoms with van der Waals surface area (Å²) in [7, 11) is 1.29. The molecule has 0 unspecified atom stereocenters. The quantitative estimate of drug-likeness (QED) is 0.877. The van der Waals surface area contributed by atoms with Gasteiger partial charge in [-0.25, -0.2) is 0 Å². The highest BCUT2D eigenvalue weighted by Crippen LogP contribution is 2.34. The summed E-state index contributed by atoms with van der Waals surface area (Å²) in [6, 6.07) is 2.85. The maximum absolute atomic E-state index is 13.0. The zero-order chi connectivity index (χ0) is 16.2. The molecule has 0 spiro atoms. The van der Waals surface area contributed by atoms with Crippen LogP contribution < -0.4 is 15.8 Å². The van der Waals surface area contributed by atoms with Gasteiger partial charge in [-0.1, -0.05) is 19.9 Å². The second-order valence-corrected chi connectivity index (χ2v) is 5.01. The lowest BCUT2D eigenvalue weighted by Gasteiger charge is -2.18. The first-order valence-electron chi connectivity index (χ1n) is 6.44. The van der Waals surface area contributed by atoms with Gasteiger partial charge in [0.15, 0.2) is 0 Å². The van der Waals surface area contributed by atoms with Crippen LogP contribution in [0.25, 0.3) is 0 Å². The van der Waals surface area contributed by atoms with E-state index in [0.717, 1.165) is 6.07 Å². The molecule has 1 rings (SSSR count). The number of hydrogen-bond donors (Lipinski definition) is 2. The van der Waals surface area contributed by atoms with E-state index in [1.807, 2.05) is 0 Å². The summed E-state index contributed by atoms with van der Waals surface area (Å²) in [4.78, 5) is 11.7. The average molecular weight is 304 g/mol. The van der Waals surface area contributed by atoms with Crippen LogP contribution in [-0.4, -0.2) is 19.1 Å². The number of benzene rings is 1. The zero-order valence-corrected chi connectivity index (χ0v) is 12.1. The highest BCUT2D eigenvalue weighted by Gasteiger charge is 2.34.